The molecule has 1 aromatic carbocycles. The van der Waals surface area contributed by atoms with Crippen molar-refractivity contribution < 1.29 is 13.2 Å². The van der Waals surface area contributed by atoms with Gasteiger partial charge in [0.25, 0.3) is 5.91 Å². The van der Waals surface area contributed by atoms with E-state index in [0.717, 1.165) is 5.56 Å². The molecule has 2 rings (SSSR count). The van der Waals surface area contributed by atoms with E-state index in [1.54, 1.807) is 6.07 Å². The zero-order chi connectivity index (χ0) is 16.4. The van der Waals surface area contributed by atoms with Gasteiger partial charge in [-0.3, -0.25) is 4.79 Å². The predicted molar refractivity (Wildman–Crippen MR) is 85.2 cm³/mol. The molecule has 4 N–H and O–H groups in total. The van der Waals surface area contributed by atoms with Crippen LogP contribution in [0.3, 0.4) is 0 Å². The molecule has 0 radical (unpaired) electrons. The molecule has 0 bridgehead atoms. The van der Waals surface area contributed by atoms with E-state index in [9.17, 15) is 13.2 Å². The molecular formula is C15H23N3O3S. The quantitative estimate of drug-likeness (QED) is 0.719. The lowest BCUT2D eigenvalue weighted by atomic mass is 9.95. The number of hydrogen-bond donors (Lipinski definition) is 3. The van der Waals surface area contributed by atoms with Crippen LogP contribution in [0.5, 0.6) is 0 Å². The van der Waals surface area contributed by atoms with Crippen LogP contribution in [-0.2, 0) is 16.4 Å². The number of nitrogens with one attached hydrogen (secondary N) is 2. The summed E-state index contributed by atoms with van der Waals surface area (Å²) < 4.78 is 27.4. The molecule has 0 aliphatic carbocycles. The number of carbonyl (C=O) groups excluding carboxylic acids is 1. The Labute approximate surface area is 131 Å². The monoisotopic (exact) mass is 325 g/mol. The van der Waals surface area contributed by atoms with Crippen LogP contribution in [0.15, 0.2) is 23.1 Å². The van der Waals surface area contributed by atoms with Crippen LogP contribution < -0.4 is 15.8 Å². The Bertz CT molecular complexity index is 667. The van der Waals surface area contributed by atoms with Crippen LogP contribution in [-0.4, -0.2) is 33.0 Å². The van der Waals surface area contributed by atoms with Crippen LogP contribution in [0, 0.1) is 0 Å². The summed E-state index contributed by atoms with van der Waals surface area (Å²) >= 11 is 0. The van der Waals surface area contributed by atoms with Gasteiger partial charge in [-0.2, -0.15) is 0 Å². The van der Waals surface area contributed by atoms with Gasteiger partial charge in [-0.1, -0.05) is 19.9 Å². The molecule has 1 aliphatic rings. The molecule has 122 valence electrons. The fourth-order valence-corrected chi connectivity index (χ4v) is 3.54. The van der Waals surface area contributed by atoms with E-state index in [0.29, 0.717) is 31.4 Å². The van der Waals surface area contributed by atoms with Gasteiger partial charge in [0.15, 0.2) is 0 Å². The van der Waals surface area contributed by atoms with E-state index in [4.69, 9.17) is 5.73 Å². The van der Waals surface area contributed by atoms with Crippen molar-refractivity contribution in [3.05, 3.63) is 29.3 Å². The van der Waals surface area contributed by atoms with E-state index >= 15 is 0 Å². The zero-order valence-corrected chi connectivity index (χ0v) is 13.8. The molecule has 0 saturated heterocycles. The minimum Gasteiger partial charge on any atom is -0.352 e. The van der Waals surface area contributed by atoms with Crippen molar-refractivity contribution in [2.75, 3.05) is 13.1 Å². The minimum absolute atomic E-state index is 0.0952. The molecule has 7 heteroatoms. The summed E-state index contributed by atoms with van der Waals surface area (Å²) in [5.41, 5.74) is 6.87. The normalized spacial score (nSPS) is 15.3. The zero-order valence-electron chi connectivity index (χ0n) is 13.0. The topological polar surface area (TPSA) is 101 Å². The lowest BCUT2D eigenvalue weighted by Gasteiger charge is -2.26. The second-order valence-corrected chi connectivity index (χ2v) is 7.49. The highest BCUT2D eigenvalue weighted by molar-refractivity contribution is 7.89. The first-order valence-electron chi connectivity index (χ1n) is 7.51. The highest BCUT2D eigenvalue weighted by atomic mass is 32.2. The molecule has 6 nitrogen and oxygen atoms in total. The van der Waals surface area contributed by atoms with Crippen molar-refractivity contribution in [2.45, 2.75) is 43.5 Å². The van der Waals surface area contributed by atoms with Gasteiger partial charge in [-0.25, -0.2) is 13.1 Å². The second kappa shape index (κ2) is 6.36. The highest BCUT2D eigenvalue weighted by Crippen LogP contribution is 2.19. The Morgan fingerprint density at radius 1 is 1.32 bits per heavy atom. The van der Waals surface area contributed by atoms with Crippen molar-refractivity contribution in [2.24, 2.45) is 5.73 Å². The summed E-state index contributed by atoms with van der Waals surface area (Å²) in [4.78, 5) is 11.9. The lowest BCUT2D eigenvalue weighted by molar-refractivity contribution is 0.0945. The number of rotatable bonds is 6. The third-order valence-corrected chi connectivity index (χ3v) is 5.74. The number of fused-ring (bicyclic) bond motifs is 1. The van der Waals surface area contributed by atoms with Gasteiger partial charge in [0, 0.05) is 24.2 Å². The van der Waals surface area contributed by atoms with Crippen molar-refractivity contribution in [3.8, 4) is 0 Å². The third kappa shape index (κ3) is 3.48. The van der Waals surface area contributed by atoms with Gasteiger partial charge >= 0.3 is 0 Å². The summed E-state index contributed by atoms with van der Waals surface area (Å²) in [6.07, 6.45) is 2.07. The van der Waals surface area contributed by atoms with Crippen molar-refractivity contribution in [1.29, 1.82) is 0 Å². The molecule has 1 aliphatic heterocycles. The molecule has 0 atom stereocenters. The number of benzene rings is 1. The van der Waals surface area contributed by atoms with Gasteiger partial charge in [0.05, 0.1) is 4.90 Å². The van der Waals surface area contributed by atoms with Crippen molar-refractivity contribution in [3.63, 3.8) is 0 Å². The van der Waals surface area contributed by atoms with Crippen LogP contribution in [0.2, 0.25) is 0 Å². The first kappa shape index (κ1) is 16.9. The van der Waals surface area contributed by atoms with Crippen LogP contribution >= 0.6 is 0 Å². The maximum absolute atomic E-state index is 12.4. The molecule has 0 aromatic heterocycles. The predicted octanol–water partition coefficient (Wildman–Crippen LogP) is 0.768. The van der Waals surface area contributed by atoms with Gasteiger partial charge < -0.3 is 11.1 Å². The molecule has 0 spiro atoms. The fraction of sp³-hybridized carbons (Fsp3) is 0.533. The Balaban J connectivity index is 2.23. The van der Waals surface area contributed by atoms with Crippen LogP contribution in [0.1, 0.15) is 42.6 Å². The second-order valence-electron chi connectivity index (χ2n) is 5.72. The molecule has 22 heavy (non-hydrogen) atoms. The highest BCUT2D eigenvalue weighted by Gasteiger charge is 2.25. The standard InChI is InChI=1S/C15H23N3O3S/c1-3-15(16,4-2)10-18-22(20,21)12-6-5-11-7-8-17-14(19)13(11)9-12/h5-6,9,18H,3-4,7-8,10,16H2,1-2H3,(H,17,19). The van der Waals surface area contributed by atoms with E-state index in [-0.39, 0.29) is 17.3 Å². The van der Waals surface area contributed by atoms with Gasteiger partial charge in [0.1, 0.15) is 0 Å². The average molecular weight is 325 g/mol. The first-order valence-corrected chi connectivity index (χ1v) is 8.99. The number of carbonyl (C=O) groups is 1. The summed E-state index contributed by atoms with van der Waals surface area (Å²) in [5, 5.41) is 2.72. The van der Waals surface area contributed by atoms with Crippen LogP contribution in [0.25, 0.3) is 0 Å². The summed E-state index contributed by atoms with van der Waals surface area (Å²) in [6, 6.07) is 4.68. The Hall–Kier alpha value is -1.44. The van der Waals surface area contributed by atoms with Gasteiger partial charge in [-0.05, 0) is 37.0 Å². The molecule has 0 unspecified atom stereocenters. The summed E-state index contributed by atoms with van der Waals surface area (Å²) in [7, 11) is -3.68. The van der Waals surface area contributed by atoms with E-state index in [1.807, 2.05) is 13.8 Å². The van der Waals surface area contributed by atoms with E-state index in [2.05, 4.69) is 10.0 Å². The number of amides is 1. The van der Waals surface area contributed by atoms with Crippen molar-refractivity contribution >= 4 is 15.9 Å². The Morgan fingerprint density at radius 2 is 2.00 bits per heavy atom. The maximum atomic E-state index is 12.4. The van der Waals surface area contributed by atoms with Gasteiger partial charge in [0.2, 0.25) is 10.0 Å². The molecule has 0 fully saturated rings. The van der Waals surface area contributed by atoms with Crippen LogP contribution in [0.4, 0.5) is 0 Å². The first-order chi connectivity index (χ1) is 10.3. The smallest absolute Gasteiger partial charge is 0.251 e. The Kier molecular flexibility index (Phi) is 4.89. The fourth-order valence-electron chi connectivity index (χ4n) is 2.38. The van der Waals surface area contributed by atoms with E-state index in [1.165, 1.54) is 12.1 Å². The third-order valence-electron chi connectivity index (χ3n) is 4.34. The SMILES string of the molecule is CCC(N)(CC)CNS(=O)(=O)c1ccc2c(c1)C(=O)NCC2. The molecule has 0 saturated carbocycles. The Morgan fingerprint density at radius 3 is 2.64 bits per heavy atom. The van der Waals surface area contributed by atoms with E-state index < -0.39 is 15.6 Å². The van der Waals surface area contributed by atoms with Crippen molar-refractivity contribution in [1.82, 2.24) is 10.0 Å². The minimum atomic E-state index is -3.68. The lowest BCUT2D eigenvalue weighted by Crippen LogP contribution is -2.49. The average Bonchev–Trinajstić information content (AvgIpc) is 2.53. The summed E-state index contributed by atoms with van der Waals surface area (Å²) in [5.74, 6) is -0.228. The molecule has 1 amide bonds. The molecular weight excluding hydrogens is 302 g/mol. The number of hydrogen-bond acceptors (Lipinski definition) is 4. The number of nitrogens with two attached hydrogens (primary N) is 1. The molecule has 1 heterocycles. The van der Waals surface area contributed by atoms with Gasteiger partial charge in [-0.15, -0.1) is 0 Å². The molecule has 1 aromatic rings. The number of sulfonamides is 1. The summed E-state index contributed by atoms with van der Waals surface area (Å²) in [6.45, 7) is 4.62. The maximum Gasteiger partial charge on any atom is 0.251 e. The largest absolute Gasteiger partial charge is 0.352 e.